The largest absolute Gasteiger partial charge is 0.345 e. The Labute approximate surface area is 212 Å². The van der Waals surface area contributed by atoms with Crippen LogP contribution in [-0.2, 0) is 11.3 Å². The molecule has 0 aliphatic rings. The van der Waals surface area contributed by atoms with Crippen LogP contribution in [-0.4, -0.2) is 32.3 Å². The Morgan fingerprint density at radius 3 is 2.46 bits per heavy atom. The Balaban J connectivity index is 1.48. The van der Waals surface area contributed by atoms with Crippen LogP contribution in [0.25, 0.3) is 5.69 Å². The van der Waals surface area contributed by atoms with Crippen molar-refractivity contribution in [2.45, 2.75) is 25.5 Å². The Kier molecular flexibility index (Phi) is 7.84. The fourth-order valence-electron chi connectivity index (χ4n) is 3.39. The van der Waals surface area contributed by atoms with E-state index in [0.717, 1.165) is 22.5 Å². The normalized spacial score (nSPS) is 10.7. The van der Waals surface area contributed by atoms with Gasteiger partial charge in [-0.1, -0.05) is 53.7 Å². The quantitative estimate of drug-likeness (QED) is 0.321. The number of carbonyl (C=O) groups is 2. The van der Waals surface area contributed by atoms with Crippen LogP contribution < -0.4 is 10.6 Å². The van der Waals surface area contributed by atoms with E-state index < -0.39 is 0 Å². The van der Waals surface area contributed by atoms with Crippen molar-refractivity contribution >= 4 is 40.9 Å². The molecule has 1 aromatic heterocycles. The fourth-order valence-corrected chi connectivity index (χ4v) is 4.29. The third-order valence-corrected chi connectivity index (χ3v) is 6.41. The maximum absolute atomic E-state index is 12.6. The summed E-state index contributed by atoms with van der Waals surface area (Å²) in [4.78, 5) is 25.2. The molecule has 0 aliphatic heterocycles. The number of para-hydroxylation sites is 1. The molecular formula is C26H24ClN5O2S. The van der Waals surface area contributed by atoms with E-state index in [-0.39, 0.29) is 24.1 Å². The second-order valence-corrected chi connectivity index (χ2v) is 9.29. The van der Waals surface area contributed by atoms with Gasteiger partial charge in [-0.3, -0.25) is 14.2 Å². The highest BCUT2D eigenvalue weighted by Gasteiger charge is 2.17. The van der Waals surface area contributed by atoms with Crippen molar-refractivity contribution in [2.24, 2.45) is 0 Å². The summed E-state index contributed by atoms with van der Waals surface area (Å²) in [7, 11) is 0. The molecule has 0 saturated carbocycles. The molecule has 0 radical (unpaired) electrons. The van der Waals surface area contributed by atoms with Gasteiger partial charge in [0.15, 0.2) is 11.0 Å². The molecule has 3 aromatic carbocycles. The zero-order chi connectivity index (χ0) is 24.8. The first-order valence-corrected chi connectivity index (χ1v) is 12.3. The molecule has 0 aliphatic carbocycles. The standard InChI is InChI=1S/C26H24ClN5O2S/c1-17-8-9-18(2)22(14-17)29-24(33)16-35-26-31-30-23(32(26)21-6-4-3-5-7-21)15-28-25(34)19-10-12-20(27)13-11-19/h3-14H,15-16H2,1-2H3,(H,28,34)(H,29,33). The molecule has 0 fully saturated rings. The maximum Gasteiger partial charge on any atom is 0.251 e. The van der Waals surface area contributed by atoms with Gasteiger partial charge in [-0.05, 0) is 67.4 Å². The highest BCUT2D eigenvalue weighted by molar-refractivity contribution is 7.99. The number of nitrogens with zero attached hydrogens (tertiary/aromatic N) is 3. The highest BCUT2D eigenvalue weighted by atomic mass is 35.5. The van der Waals surface area contributed by atoms with Crippen molar-refractivity contribution in [1.29, 1.82) is 0 Å². The van der Waals surface area contributed by atoms with Gasteiger partial charge in [-0.15, -0.1) is 10.2 Å². The Hall–Kier alpha value is -3.62. The van der Waals surface area contributed by atoms with Gasteiger partial charge in [-0.2, -0.15) is 0 Å². The van der Waals surface area contributed by atoms with Gasteiger partial charge in [0.2, 0.25) is 5.91 Å². The molecule has 2 amide bonds. The number of benzene rings is 3. The van der Waals surface area contributed by atoms with E-state index in [0.29, 0.717) is 21.6 Å². The van der Waals surface area contributed by atoms with E-state index in [1.54, 1.807) is 24.3 Å². The Morgan fingerprint density at radius 1 is 0.971 bits per heavy atom. The molecule has 0 atom stereocenters. The summed E-state index contributed by atoms with van der Waals surface area (Å²) in [6, 6.07) is 22.2. The number of amides is 2. The predicted molar refractivity (Wildman–Crippen MR) is 139 cm³/mol. The second-order valence-electron chi connectivity index (χ2n) is 7.91. The van der Waals surface area contributed by atoms with Crippen molar-refractivity contribution in [3.63, 3.8) is 0 Å². The van der Waals surface area contributed by atoms with Crippen molar-refractivity contribution in [2.75, 3.05) is 11.1 Å². The van der Waals surface area contributed by atoms with Crippen molar-refractivity contribution < 1.29 is 9.59 Å². The summed E-state index contributed by atoms with van der Waals surface area (Å²) in [5, 5.41) is 15.5. The molecule has 7 nitrogen and oxygen atoms in total. The number of nitrogens with one attached hydrogen (secondary N) is 2. The number of aromatic nitrogens is 3. The van der Waals surface area contributed by atoms with Gasteiger partial charge in [0.25, 0.3) is 5.91 Å². The maximum atomic E-state index is 12.6. The SMILES string of the molecule is Cc1ccc(C)c(NC(=O)CSc2nnc(CNC(=O)c3ccc(Cl)cc3)n2-c2ccccc2)c1. The van der Waals surface area contributed by atoms with E-state index in [9.17, 15) is 9.59 Å². The molecular weight excluding hydrogens is 482 g/mol. The van der Waals surface area contributed by atoms with Gasteiger partial charge in [0, 0.05) is 22.0 Å². The van der Waals surface area contributed by atoms with Crippen LogP contribution in [0.15, 0.2) is 78.0 Å². The van der Waals surface area contributed by atoms with Crippen LogP contribution in [0, 0.1) is 13.8 Å². The monoisotopic (exact) mass is 505 g/mol. The number of anilines is 1. The molecule has 178 valence electrons. The van der Waals surface area contributed by atoms with Gasteiger partial charge >= 0.3 is 0 Å². The van der Waals surface area contributed by atoms with Crippen LogP contribution in [0.2, 0.25) is 5.02 Å². The van der Waals surface area contributed by atoms with Gasteiger partial charge < -0.3 is 10.6 Å². The lowest BCUT2D eigenvalue weighted by atomic mass is 10.1. The van der Waals surface area contributed by atoms with Crippen LogP contribution in [0.3, 0.4) is 0 Å². The van der Waals surface area contributed by atoms with E-state index in [1.165, 1.54) is 11.8 Å². The minimum atomic E-state index is -0.244. The molecule has 0 spiro atoms. The first kappa shape index (κ1) is 24.5. The second kappa shape index (κ2) is 11.2. The predicted octanol–water partition coefficient (Wildman–Crippen LogP) is 5.20. The van der Waals surface area contributed by atoms with Crippen LogP contribution in [0.5, 0.6) is 0 Å². The third-order valence-electron chi connectivity index (χ3n) is 5.23. The lowest BCUT2D eigenvalue weighted by Gasteiger charge is -2.12. The smallest absolute Gasteiger partial charge is 0.251 e. The number of halogens is 1. The van der Waals surface area contributed by atoms with Crippen LogP contribution in [0.1, 0.15) is 27.3 Å². The van der Waals surface area contributed by atoms with E-state index >= 15 is 0 Å². The van der Waals surface area contributed by atoms with E-state index in [1.807, 2.05) is 66.9 Å². The number of aryl methyl sites for hydroxylation is 2. The van der Waals surface area contributed by atoms with Crippen molar-refractivity contribution in [1.82, 2.24) is 20.1 Å². The number of carbonyl (C=O) groups excluding carboxylic acids is 2. The molecule has 35 heavy (non-hydrogen) atoms. The molecule has 1 heterocycles. The first-order valence-electron chi connectivity index (χ1n) is 10.9. The van der Waals surface area contributed by atoms with Crippen LogP contribution >= 0.6 is 23.4 Å². The summed E-state index contributed by atoms with van der Waals surface area (Å²) >= 11 is 7.19. The van der Waals surface area contributed by atoms with Crippen molar-refractivity contribution in [3.8, 4) is 5.69 Å². The summed E-state index contributed by atoms with van der Waals surface area (Å²) in [6.07, 6.45) is 0. The van der Waals surface area contributed by atoms with Crippen molar-refractivity contribution in [3.05, 3.63) is 100 Å². The number of rotatable bonds is 8. The van der Waals surface area contributed by atoms with Crippen LogP contribution in [0.4, 0.5) is 5.69 Å². The van der Waals surface area contributed by atoms with Gasteiger partial charge in [0.1, 0.15) is 0 Å². The first-order chi connectivity index (χ1) is 16.9. The topological polar surface area (TPSA) is 88.9 Å². The fraction of sp³-hybridized carbons (Fsp3) is 0.154. The molecule has 9 heteroatoms. The molecule has 0 saturated heterocycles. The summed E-state index contributed by atoms with van der Waals surface area (Å²) in [5.74, 6) is 0.335. The van der Waals surface area contributed by atoms with Gasteiger partial charge in [-0.25, -0.2) is 0 Å². The zero-order valence-electron chi connectivity index (χ0n) is 19.3. The Bertz CT molecular complexity index is 1340. The number of hydrogen-bond acceptors (Lipinski definition) is 5. The molecule has 4 rings (SSSR count). The Morgan fingerprint density at radius 2 is 1.71 bits per heavy atom. The minimum Gasteiger partial charge on any atom is -0.345 e. The number of thioether (sulfide) groups is 1. The lowest BCUT2D eigenvalue weighted by molar-refractivity contribution is -0.113. The third kappa shape index (κ3) is 6.29. The summed E-state index contributed by atoms with van der Waals surface area (Å²) in [5.41, 5.74) is 4.21. The summed E-state index contributed by atoms with van der Waals surface area (Å²) < 4.78 is 1.85. The molecule has 0 unspecified atom stereocenters. The lowest BCUT2D eigenvalue weighted by Crippen LogP contribution is -2.24. The van der Waals surface area contributed by atoms with E-state index in [2.05, 4.69) is 20.8 Å². The molecule has 2 N–H and O–H groups in total. The summed E-state index contributed by atoms with van der Waals surface area (Å²) in [6.45, 7) is 4.11. The zero-order valence-corrected chi connectivity index (χ0v) is 20.9. The van der Waals surface area contributed by atoms with Gasteiger partial charge in [0.05, 0.1) is 12.3 Å². The molecule has 4 aromatic rings. The average molecular weight is 506 g/mol. The average Bonchev–Trinajstić information content (AvgIpc) is 3.27. The molecule has 0 bridgehead atoms. The number of hydrogen-bond donors (Lipinski definition) is 2. The van der Waals surface area contributed by atoms with E-state index in [4.69, 9.17) is 11.6 Å². The highest BCUT2D eigenvalue weighted by Crippen LogP contribution is 2.23. The minimum absolute atomic E-state index is 0.135.